The summed E-state index contributed by atoms with van der Waals surface area (Å²) in [4.78, 5) is 6.34. The van der Waals surface area contributed by atoms with Crippen LogP contribution in [0, 0.1) is 5.82 Å². The van der Waals surface area contributed by atoms with E-state index in [2.05, 4.69) is 15.0 Å². The minimum atomic E-state index is -0.357. The minimum absolute atomic E-state index is 0.214. The molecule has 3 rings (SSSR count). The number of piperidine rings is 1. The van der Waals surface area contributed by atoms with Crippen molar-refractivity contribution in [1.29, 1.82) is 0 Å². The summed E-state index contributed by atoms with van der Waals surface area (Å²) in [6.45, 7) is 1.86. The largest absolute Gasteiger partial charge is 0.368 e. The molecule has 19 heavy (non-hydrogen) atoms. The predicted octanol–water partition coefficient (Wildman–Crippen LogP) is 1.98. The van der Waals surface area contributed by atoms with E-state index in [4.69, 9.17) is 5.73 Å². The molecule has 0 aliphatic carbocycles. The monoisotopic (exact) mass is 261 g/mol. The number of nitrogens with two attached hydrogens (primary N) is 1. The van der Waals surface area contributed by atoms with Gasteiger partial charge < -0.3 is 10.6 Å². The number of rotatable bonds is 2. The van der Waals surface area contributed by atoms with Crippen LogP contribution in [0.4, 0.5) is 16.3 Å². The van der Waals surface area contributed by atoms with E-state index >= 15 is 0 Å². The van der Waals surface area contributed by atoms with Gasteiger partial charge in [-0.15, -0.1) is 5.10 Å². The molecule has 0 atom stereocenters. The number of anilines is 2. The number of halogens is 1. The lowest BCUT2D eigenvalue weighted by Crippen LogP contribution is -2.30. The Balaban J connectivity index is 1.95. The lowest BCUT2D eigenvalue weighted by atomic mass is 10.1. The highest BCUT2D eigenvalue weighted by molar-refractivity contribution is 5.43. The van der Waals surface area contributed by atoms with Crippen LogP contribution in [0.1, 0.15) is 19.3 Å². The van der Waals surface area contributed by atoms with Gasteiger partial charge in [0, 0.05) is 13.1 Å². The van der Waals surface area contributed by atoms with Crippen LogP contribution in [0.25, 0.3) is 5.69 Å². The fourth-order valence-corrected chi connectivity index (χ4v) is 2.34. The van der Waals surface area contributed by atoms with Crippen molar-refractivity contribution in [3.63, 3.8) is 0 Å². The van der Waals surface area contributed by atoms with Crippen molar-refractivity contribution < 1.29 is 4.39 Å². The molecule has 1 aromatic heterocycles. The Hall–Kier alpha value is -2.11. The zero-order valence-electron chi connectivity index (χ0n) is 10.6. The number of hydrogen-bond acceptors (Lipinski definition) is 4. The van der Waals surface area contributed by atoms with Crippen molar-refractivity contribution in [2.75, 3.05) is 23.7 Å². The molecule has 100 valence electrons. The van der Waals surface area contributed by atoms with Gasteiger partial charge in [-0.3, -0.25) is 0 Å². The molecular weight excluding hydrogens is 245 g/mol. The van der Waals surface area contributed by atoms with Gasteiger partial charge in [0.2, 0.25) is 11.9 Å². The molecule has 2 N–H and O–H groups in total. The summed E-state index contributed by atoms with van der Waals surface area (Å²) in [5.74, 6) is 0.440. The Morgan fingerprint density at radius 2 is 1.84 bits per heavy atom. The van der Waals surface area contributed by atoms with Gasteiger partial charge in [0.1, 0.15) is 11.5 Å². The second kappa shape index (κ2) is 4.87. The maximum Gasteiger partial charge on any atom is 0.246 e. The maximum atomic E-state index is 13.7. The highest BCUT2D eigenvalue weighted by atomic mass is 19.1. The number of para-hydroxylation sites is 1. The van der Waals surface area contributed by atoms with Crippen molar-refractivity contribution in [3.05, 3.63) is 30.1 Å². The van der Waals surface area contributed by atoms with Gasteiger partial charge in [-0.2, -0.15) is 9.67 Å². The molecule has 6 heteroatoms. The first-order chi connectivity index (χ1) is 9.25. The third kappa shape index (κ3) is 2.25. The van der Waals surface area contributed by atoms with Crippen LogP contribution in [0.5, 0.6) is 0 Å². The highest BCUT2D eigenvalue weighted by Crippen LogP contribution is 2.21. The first-order valence-corrected chi connectivity index (χ1v) is 6.48. The molecule has 1 saturated heterocycles. The highest BCUT2D eigenvalue weighted by Gasteiger charge is 2.18. The van der Waals surface area contributed by atoms with Gasteiger partial charge in [0.25, 0.3) is 0 Å². The van der Waals surface area contributed by atoms with E-state index in [1.807, 2.05) is 0 Å². The quantitative estimate of drug-likeness (QED) is 0.898. The van der Waals surface area contributed by atoms with Crippen molar-refractivity contribution in [3.8, 4) is 5.69 Å². The Morgan fingerprint density at radius 3 is 2.58 bits per heavy atom. The summed E-state index contributed by atoms with van der Waals surface area (Å²) in [6, 6.07) is 6.41. The number of nitrogen functional groups attached to an aromatic ring is 1. The van der Waals surface area contributed by atoms with Gasteiger partial charge in [-0.25, -0.2) is 4.39 Å². The van der Waals surface area contributed by atoms with Crippen LogP contribution in [0.15, 0.2) is 24.3 Å². The molecule has 0 unspecified atom stereocenters. The summed E-state index contributed by atoms with van der Waals surface area (Å²) < 4.78 is 15.1. The number of benzene rings is 1. The zero-order valence-corrected chi connectivity index (χ0v) is 10.6. The predicted molar refractivity (Wildman–Crippen MR) is 71.8 cm³/mol. The normalized spacial score (nSPS) is 15.7. The second-order valence-electron chi connectivity index (χ2n) is 4.68. The summed E-state index contributed by atoms with van der Waals surface area (Å²) >= 11 is 0. The fourth-order valence-electron chi connectivity index (χ4n) is 2.34. The van der Waals surface area contributed by atoms with Crippen molar-refractivity contribution in [1.82, 2.24) is 14.8 Å². The average molecular weight is 261 g/mol. The van der Waals surface area contributed by atoms with Gasteiger partial charge in [0.15, 0.2) is 0 Å². The van der Waals surface area contributed by atoms with Gasteiger partial charge in [-0.1, -0.05) is 12.1 Å². The van der Waals surface area contributed by atoms with Gasteiger partial charge in [0.05, 0.1) is 0 Å². The van der Waals surface area contributed by atoms with E-state index in [0.717, 1.165) is 25.9 Å². The maximum absolute atomic E-state index is 13.7. The summed E-state index contributed by atoms with van der Waals surface area (Å²) in [5, 5.41) is 4.33. The van der Waals surface area contributed by atoms with Crippen LogP contribution < -0.4 is 10.6 Å². The van der Waals surface area contributed by atoms with E-state index in [0.29, 0.717) is 11.6 Å². The average Bonchev–Trinajstić information content (AvgIpc) is 2.82. The van der Waals surface area contributed by atoms with Gasteiger partial charge in [-0.05, 0) is 31.4 Å². The van der Waals surface area contributed by atoms with Gasteiger partial charge >= 0.3 is 0 Å². The molecule has 2 heterocycles. The van der Waals surface area contributed by atoms with Crippen molar-refractivity contribution in [2.24, 2.45) is 0 Å². The van der Waals surface area contributed by atoms with Crippen LogP contribution >= 0.6 is 0 Å². The summed E-state index contributed by atoms with van der Waals surface area (Å²) in [6.07, 6.45) is 3.50. The van der Waals surface area contributed by atoms with E-state index in [-0.39, 0.29) is 11.8 Å². The molecule has 0 radical (unpaired) electrons. The Morgan fingerprint density at radius 1 is 1.11 bits per heavy atom. The van der Waals surface area contributed by atoms with Crippen molar-refractivity contribution >= 4 is 11.9 Å². The zero-order chi connectivity index (χ0) is 13.2. The lowest BCUT2D eigenvalue weighted by Gasteiger charge is -2.24. The van der Waals surface area contributed by atoms with E-state index in [9.17, 15) is 4.39 Å². The Kier molecular flexibility index (Phi) is 3.06. The molecule has 1 aliphatic heterocycles. The minimum Gasteiger partial charge on any atom is -0.368 e. The van der Waals surface area contributed by atoms with Crippen LogP contribution in [-0.4, -0.2) is 27.9 Å². The smallest absolute Gasteiger partial charge is 0.246 e. The molecule has 1 aromatic carbocycles. The third-order valence-electron chi connectivity index (χ3n) is 3.34. The first kappa shape index (κ1) is 12.0. The summed E-state index contributed by atoms with van der Waals surface area (Å²) in [7, 11) is 0. The molecule has 0 amide bonds. The molecule has 1 fully saturated rings. The van der Waals surface area contributed by atoms with Crippen molar-refractivity contribution in [2.45, 2.75) is 19.3 Å². The first-order valence-electron chi connectivity index (χ1n) is 6.48. The van der Waals surface area contributed by atoms with E-state index in [1.54, 1.807) is 18.2 Å². The lowest BCUT2D eigenvalue weighted by molar-refractivity contribution is 0.566. The fraction of sp³-hybridized carbons (Fsp3) is 0.385. The Bertz CT molecular complexity index is 574. The van der Waals surface area contributed by atoms with Crippen LogP contribution in [0.2, 0.25) is 0 Å². The van der Waals surface area contributed by atoms with Crippen LogP contribution in [-0.2, 0) is 0 Å². The molecule has 2 aromatic rings. The molecule has 0 saturated carbocycles. The molecule has 0 bridgehead atoms. The third-order valence-corrected chi connectivity index (χ3v) is 3.34. The molecular formula is C13H16FN5. The molecule has 5 nitrogen and oxygen atoms in total. The number of nitrogens with zero attached hydrogens (tertiary/aromatic N) is 4. The van der Waals surface area contributed by atoms with E-state index in [1.165, 1.54) is 17.2 Å². The number of aromatic nitrogens is 3. The Labute approximate surface area is 110 Å². The number of hydrogen-bond donors (Lipinski definition) is 1. The standard InChI is InChI=1S/C13H16FN5/c14-10-6-2-3-7-11(10)19-12(15)16-13(17-19)18-8-4-1-5-9-18/h2-3,6-7H,1,4-5,8-9H2,(H2,15,16,17). The molecule has 1 aliphatic rings. The SMILES string of the molecule is Nc1nc(N2CCCCC2)nn1-c1ccccc1F. The molecule has 0 spiro atoms. The topological polar surface area (TPSA) is 60.0 Å². The van der Waals surface area contributed by atoms with Crippen LogP contribution in [0.3, 0.4) is 0 Å². The second-order valence-corrected chi connectivity index (χ2v) is 4.68. The summed E-state index contributed by atoms with van der Waals surface area (Å²) in [5.41, 5.74) is 6.17. The van der Waals surface area contributed by atoms with E-state index < -0.39 is 0 Å².